The van der Waals surface area contributed by atoms with E-state index in [0.717, 1.165) is 24.2 Å². The van der Waals surface area contributed by atoms with Crippen LogP contribution >= 0.6 is 0 Å². The number of methoxy groups -OCH3 is 1. The number of amides is 1. The molecule has 1 N–H and O–H groups in total. The Labute approximate surface area is 158 Å². The zero-order valence-electron chi connectivity index (χ0n) is 15.3. The molecule has 3 rings (SSSR count). The third-order valence-corrected chi connectivity index (χ3v) is 4.75. The van der Waals surface area contributed by atoms with Crippen molar-refractivity contribution in [1.29, 1.82) is 0 Å². The molecular formula is C21H23NO5. The molecular weight excluding hydrogens is 346 g/mol. The summed E-state index contributed by atoms with van der Waals surface area (Å²) < 4.78 is 11.3. The molecule has 0 bridgehead atoms. The first kappa shape index (κ1) is 18.9. The molecule has 0 aromatic heterocycles. The van der Waals surface area contributed by atoms with E-state index in [2.05, 4.69) is 0 Å². The van der Waals surface area contributed by atoms with Gasteiger partial charge < -0.3 is 19.5 Å². The first-order chi connectivity index (χ1) is 13.1. The predicted octanol–water partition coefficient (Wildman–Crippen LogP) is 3.21. The molecule has 1 saturated heterocycles. The number of ether oxygens (including phenoxy) is 2. The van der Waals surface area contributed by atoms with E-state index in [1.54, 1.807) is 24.1 Å². The lowest BCUT2D eigenvalue weighted by Crippen LogP contribution is -2.40. The Morgan fingerprint density at radius 2 is 1.78 bits per heavy atom. The zero-order chi connectivity index (χ0) is 19.2. The maximum absolute atomic E-state index is 12.6. The molecule has 142 valence electrons. The molecule has 0 radical (unpaired) electrons. The van der Waals surface area contributed by atoms with Gasteiger partial charge in [0.15, 0.2) is 0 Å². The topological polar surface area (TPSA) is 76.1 Å². The van der Waals surface area contributed by atoms with Crippen molar-refractivity contribution in [3.63, 3.8) is 0 Å². The van der Waals surface area contributed by atoms with E-state index in [0.29, 0.717) is 25.3 Å². The number of hydrogen-bond acceptors (Lipinski definition) is 4. The van der Waals surface area contributed by atoms with Crippen molar-refractivity contribution in [1.82, 2.24) is 4.90 Å². The Morgan fingerprint density at radius 1 is 1.07 bits per heavy atom. The van der Waals surface area contributed by atoms with Crippen LogP contribution in [0.5, 0.6) is 5.75 Å². The number of para-hydroxylation sites is 1. The fraction of sp³-hybridized carbons (Fsp3) is 0.333. The summed E-state index contributed by atoms with van der Waals surface area (Å²) in [5, 5.41) is 9.08. The van der Waals surface area contributed by atoms with Crippen LogP contribution in [0, 0.1) is 0 Å². The summed E-state index contributed by atoms with van der Waals surface area (Å²) in [5.41, 5.74) is 1.53. The van der Waals surface area contributed by atoms with Gasteiger partial charge in [0.25, 0.3) is 5.91 Å². The van der Waals surface area contributed by atoms with Crippen LogP contribution in [0.3, 0.4) is 0 Å². The molecule has 2 aromatic rings. The number of carbonyl (C=O) groups is 2. The van der Waals surface area contributed by atoms with Crippen molar-refractivity contribution in [2.45, 2.75) is 25.6 Å². The Hall–Kier alpha value is -2.86. The quantitative estimate of drug-likeness (QED) is 0.846. The summed E-state index contributed by atoms with van der Waals surface area (Å²) in [7, 11) is 1.64. The molecule has 0 saturated carbocycles. The maximum atomic E-state index is 12.6. The van der Waals surface area contributed by atoms with Crippen molar-refractivity contribution in [3.8, 4) is 5.75 Å². The highest BCUT2D eigenvalue weighted by Crippen LogP contribution is 2.22. The Morgan fingerprint density at radius 3 is 2.48 bits per heavy atom. The largest absolute Gasteiger partial charge is 0.496 e. The number of rotatable bonds is 6. The average Bonchev–Trinajstić information content (AvgIpc) is 2.72. The number of benzene rings is 2. The minimum absolute atomic E-state index is 0.0873. The maximum Gasteiger partial charge on any atom is 0.335 e. The number of piperidine rings is 1. The van der Waals surface area contributed by atoms with E-state index in [9.17, 15) is 9.59 Å². The van der Waals surface area contributed by atoms with Crippen LogP contribution in [-0.2, 0) is 11.3 Å². The number of aromatic carboxylic acids is 1. The number of carboxylic acid groups (broad SMARTS) is 1. The van der Waals surface area contributed by atoms with Gasteiger partial charge in [0, 0.05) is 24.2 Å². The molecule has 2 aromatic carbocycles. The molecule has 1 amide bonds. The van der Waals surface area contributed by atoms with Crippen molar-refractivity contribution in [3.05, 3.63) is 65.2 Å². The van der Waals surface area contributed by atoms with E-state index in [1.807, 2.05) is 24.3 Å². The van der Waals surface area contributed by atoms with E-state index in [1.165, 1.54) is 12.1 Å². The van der Waals surface area contributed by atoms with Gasteiger partial charge in [0.1, 0.15) is 5.75 Å². The van der Waals surface area contributed by atoms with Gasteiger partial charge in [-0.1, -0.05) is 24.3 Å². The summed E-state index contributed by atoms with van der Waals surface area (Å²) in [4.78, 5) is 25.5. The standard InChI is InChI=1S/C21H23NO5/c1-26-19-8-3-2-5-17(19)14-27-18-9-11-22(12-10-18)20(23)15-6-4-7-16(13-15)21(24)25/h2-8,13,18H,9-12,14H2,1H3,(H,24,25). The third-order valence-electron chi connectivity index (χ3n) is 4.75. The van der Waals surface area contributed by atoms with E-state index < -0.39 is 5.97 Å². The van der Waals surface area contributed by atoms with Crippen LogP contribution in [0.2, 0.25) is 0 Å². The van der Waals surface area contributed by atoms with E-state index >= 15 is 0 Å². The van der Waals surface area contributed by atoms with Crippen LogP contribution in [0.25, 0.3) is 0 Å². The highest BCUT2D eigenvalue weighted by molar-refractivity contribution is 5.97. The molecule has 0 unspecified atom stereocenters. The SMILES string of the molecule is COc1ccccc1COC1CCN(C(=O)c2cccc(C(=O)O)c2)CC1. The summed E-state index contributed by atoms with van der Waals surface area (Å²) in [5.74, 6) is -0.363. The summed E-state index contributed by atoms with van der Waals surface area (Å²) >= 11 is 0. The predicted molar refractivity (Wildman–Crippen MR) is 100 cm³/mol. The fourth-order valence-corrected chi connectivity index (χ4v) is 3.22. The van der Waals surface area contributed by atoms with Crippen LogP contribution in [0.1, 0.15) is 39.1 Å². The summed E-state index contributed by atoms with van der Waals surface area (Å²) in [6.45, 7) is 1.66. The van der Waals surface area contributed by atoms with Gasteiger partial charge >= 0.3 is 5.97 Å². The van der Waals surface area contributed by atoms with Crippen molar-refractivity contribution in [2.24, 2.45) is 0 Å². The average molecular weight is 369 g/mol. The zero-order valence-corrected chi connectivity index (χ0v) is 15.3. The lowest BCUT2D eigenvalue weighted by Gasteiger charge is -2.32. The molecule has 6 nitrogen and oxygen atoms in total. The minimum Gasteiger partial charge on any atom is -0.496 e. The molecule has 0 aliphatic carbocycles. The molecule has 0 atom stereocenters. The molecule has 1 fully saturated rings. The normalized spacial score (nSPS) is 14.8. The molecule has 1 aliphatic rings. The second-order valence-corrected chi connectivity index (χ2v) is 6.50. The minimum atomic E-state index is -1.03. The van der Waals surface area contributed by atoms with Crippen LogP contribution in [0.4, 0.5) is 0 Å². The summed E-state index contributed by atoms with van der Waals surface area (Å²) in [6, 6.07) is 13.9. The van der Waals surface area contributed by atoms with E-state index in [-0.39, 0.29) is 17.6 Å². The number of carbonyl (C=O) groups excluding carboxylic acids is 1. The van der Waals surface area contributed by atoms with Gasteiger partial charge in [0.2, 0.25) is 0 Å². The van der Waals surface area contributed by atoms with Crippen molar-refractivity contribution in [2.75, 3.05) is 20.2 Å². The Kier molecular flexibility index (Phi) is 6.08. The van der Waals surface area contributed by atoms with Crippen molar-refractivity contribution < 1.29 is 24.2 Å². The first-order valence-electron chi connectivity index (χ1n) is 8.94. The van der Waals surface area contributed by atoms with Gasteiger partial charge in [-0.2, -0.15) is 0 Å². The third kappa shape index (κ3) is 4.65. The smallest absolute Gasteiger partial charge is 0.335 e. The Bertz CT molecular complexity index is 812. The summed E-state index contributed by atoms with van der Waals surface area (Å²) in [6.07, 6.45) is 1.59. The van der Waals surface area contributed by atoms with Crippen molar-refractivity contribution >= 4 is 11.9 Å². The lowest BCUT2D eigenvalue weighted by molar-refractivity contribution is -0.000961. The van der Waals surface area contributed by atoms with Gasteiger partial charge in [-0.05, 0) is 37.1 Å². The number of carboxylic acids is 1. The van der Waals surface area contributed by atoms with Gasteiger partial charge in [0.05, 0.1) is 25.4 Å². The molecule has 1 heterocycles. The van der Waals surface area contributed by atoms with E-state index in [4.69, 9.17) is 14.6 Å². The lowest BCUT2D eigenvalue weighted by atomic mass is 10.0. The first-order valence-corrected chi connectivity index (χ1v) is 8.94. The van der Waals surface area contributed by atoms with Gasteiger partial charge in [-0.15, -0.1) is 0 Å². The number of likely N-dealkylation sites (tertiary alicyclic amines) is 1. The second-order valence-electron chi connectivity index (χ2n) is 6.50. The second kappa shape index (κ2) is 8.68. The Balaban J connectivity index is 1.53. The van der Waals surface area contributed by atoms with Gasteiger partial charge in [-0.25, -0.2) is 4.79 Å². The molecule has 0 spiro atoms. The highest BCUT2D eigenvalue weighted by Gasteiger charge is 2.24. The highest BCUT2D eigenvalue weighted by atomic mass is 16.5. The number of hydrogen-bond donors (Lipinski definition) is 1. The number of nitrogens with zero attached hydrogens (tertiary/aromatic N) is 1. The van der Waals surface area contributed by atoms with Gasteiger partial charge in [-0.3, -0.25) is 4.79 Å². The van der Waals surface area contributed by atoms with Crippen LogP contribution < -0.4 is 4.74 Å². The molecule has 1 aliphatic heterocycles. The monoisotopic (exact) mass is 369 g/mol. The fourth-order valence-electron chi connectivity index (χ4n) is 3.22. The molecule has 27 heavy (non-hydrogen) atoms. The molecule has 6 heteroatoms. The van der Waals surface area contributed by atoms with Crippen LogP contribution in [-0.4, -0.2) is 48.2 Å². The van der Waals surface area contributed by atoms with Crippen LogP contribution in [0.15, 0.2) is 48.5 Å².